The van der Waals surface area contributed by atoms with Crippen molar-refractivity contribution in [2.45, 2.75) is 20.3 Å². The summed E-state index contributed by atoms with van der Waals surface area (Å²) in [5, 5.41) is 3.51. The molecule has 6 heteroatoms. The number of hydrazine groups is 1. The van der Waals surface area contributed by atoms with E-state index in [2.05, 4.69) is 15.7 Å². The third-order valence-corrected chi connectivity index (χ3v) is 3.35. The van der Waals surface area contributed by atoms with Gasteiger partial charge >= 0.3 is 0 Å². The van der Waals surface area contributed by atoms with Crippen LogP contribution >= 0.6 is 11.3 Å². The van der Waals surface area contributed by atoms with E-state index in [1.54, 1.807) is 0 Å². The second-order valence-corrected chi connectivity index (χ2v) is 4.74. The molecule has 0 saturated carbocycles. The van der Waals surface area contributed by atoms with Gasteiger partial charge in [0.2, 0.25) is 5.91 Å². The lowest BCUT2D eigenvalue weighted by molar-refractivity contribution is -0.115. The molecule has 0 aliphatic carbocycles. The van der Waals surface area contributed by atoms with Crippen LogP contribution in [0.4, 0.5) is 10.8 Å². The number of benzene rings is 1. The van der Waals surface area contributed by atoms with Crippen LogP contribution in [0, 0.1) is 6.92 Å². The number of nitrogens with one attached hydrogen (secondary N) is 2. The molecule has 0 fully saturated rings. The smallest absolute Gasteiger partial charge is 0.224 e. The maximum atomic E-state index is 11.3. The minimum absolute atomic E-state index is 0.00504. The number of nitrogens with zero attached hydrogens (tertiary/aromatic N) is 1. The summed E-state index contributed by atoms with van der Waals surface area (Å²) < 4.78 is 1.00. The minimum Gasteiger partial charge on any atom is -0.326 e. The number of fused-ring (bicyclic) bond motifs is 1. The van der Waals surface area contributed by atoms with Crippen LogP contribution in [0.3, 0.4) is 0 Å². The molecule has 2 rings (SSSR count). The van der Waals surface area contributed by atoms with Crippen molar-refractivity contribution >= 4 is 38.3 Å². The fourth-order valence-electron chi connectivity index (χ4n) is 1.58. The number of amides is 1. The van der Waals surface area contributed by atoms with Gasteiger partial charge in [-0.15, -0.1) is 0 Å². The van der Waals surface area contributed by atoms with Crippen molar-refractivity contribution in [3.63, 3.8) is 0 Å². The van der Waals surface area contributed by atoms with Gasteiger partial charge < -0.3 is 5.32 Å². The van der Waals surface area contributed by atoms with Gasteiger partial charge in [-0.3, -0.25) is 10.2 Å². The van der Waals surface area contributed by atoms with Gasteiger partial charge in [-0.1, -0.05) is 18.3 Å². The minimum atomic E-state index is 0.00504. The first kappa shape index (κ1) is 11.8. The number of anilines is 2. The molecule has 0 saturated heterocycles. The van der Waals surface area contributed by atoms with Crippen LogP contribution in [0.1, 0.15) is 18.9 Å². The molecular weight excluding hydrogens is 236 g/mol. The Morgan fingerprint density at radius 1 is 1.53 bits per heavy atom. The lowest BCUT2D eigenvalue weighted by atomic mass is 10.2. The normalized spacial score (nSPS) is 10.5. The molecular formula is C11H14N4OS. The quantitative estimate of drug-likeness (QED) is 0.576. The molecule has 4 N–H and O–H groups in total. The molecule has 0 aliphatic heterocycles. The summed E-state index contributed by atoms with van der Waals surface area (Å²) in [4.78, 5) is 15.7. The van der Waals surface area contributed by atoms with Crippen LogP contribution < -0.4 is 16.6 Å². The number of hydrogen-bond donors (Lipinski definition) is 3. The lowest BCUT2D eigenvalue weighted by Crippen LogP contribution is -2.09. The van der Waals surface area contributed by atoms with Crippen molar-refractivity contribution in [1.82, 2.24) is 4.98 Å². The molecule has 0 spiro atoms. The van der Waals surface area contributed by atoms with E-state index in [1.807, 2.05) is 26.0 Å². The number of rotatable bonds is 3. The highest BCUT2D eigenvalue weighted by Crippen LogP contribution is 2.30. The van der Waals surface area contributed by atoms with Gasteiger partial charge in [0.1, 0.15) is 0 Å². The van der Waals surface area contributed by atoms with Gasteiger partial charge in [-0.2, -0.15) is 0 Å². The Morgan fingerprint density at radius 2 is 2.29 bits per heavy atom. The number of aryl methyl sites for hydroxylation is 1. The summed E-state index contributed by atoms with van der Waals surface area (Å²) in [6.07, 6.45) is 0.468. The Morgan fingerprint density at radius 3 is 2.94 bits per heavy atom. The molecule has 90 valence electrons. The number of aromatic nitrogens is 1. The van der Waals surface area contributed by atoms with E-state index in [1.165, 1.54) is 11.3 Å². The SMILES string of the molecule is CCC(=O)Nc1cc(C)c2nc(NN)sc2c1. The third kappa shape index (κ3) is 2.37. The largest absolute Gasteiger partial charge is 0.326 e. The highest BCUT2D eigenvalue weighted by atomic mass is 32.1. The zero-order valence-electron chi connectivity index (χ0n) is 9.70. The summed E-state index contributed by atoms with van der Waals surface area (Å²) in [5.41, 5.74) is 5.27. The second-order valence-electron chi connectivity index (χ2n) is 3.70. The molecule has 1 aromatic carbocycles. The molecule has 5 nitrogen and oxygen atoms in total. The third-order valence-electron chi connectivity index (χ3n) is 2.41. The van der Waals surface area contributed by atoms with Crippen molar-refractivity contribution in [3.8, 4) is 0 Å². The van der Waals surface area contributed by atoms with Crippen molar-refractivity contribution < 1.29 is 4.79 Å². The van der Waals surface area contributed by atoms with Gasteiger partial charge in [0.25, 0.3) is 0 Å². The van der Waals surface area contributed by atoms with E-state index in [9.17, 15) is 4.79 Å². The fourth-order valence-corrected chi connectivity index (χ4v) is 2.47. The van der Waals surface area contributed by atoms with Crippen LogP contribution in [0.2, 0.25) is 0 Å². The van der Waals surface area contributed by atoms with Crippen LogP contribution in [-0.4, -0.2) is 10.9 Å². The van der Waals surface area contributed by atoms with Gasteiger partial charge in [-0.05, 0) is 24.6 Å². The molecule has 0 aliphatic rings. The zero-order chi connectivity index (χ0) is 12.4. The number of hydrogen-bond acceptors (Lipinski definition) is 5. The van der Waals surface area contributed by atoms with E-state index in [4.69, 9.17) is 5.84 Å². The number of nitrogens with two attached hydrogens (primary N) is 1. The van der Waals surface area contributed by atoms with Gasteiger partial charge in [0.05, 0.1) is 10.2 Å². The first-order valence-electron chi connectivity index (χ1n) is 5.31. The fraction of sp³-hybridized carbons (Fsp3) is 0.273. The van der Waals surface area contributed by atoms with Crippen LogP contribution in [0.5, 0.6) is 0 Å². The number of thiazole rings is 1. The van der Waals surface area contributed by atoms with Crippen molar-refractivity contribution in [2.75, 3.05) is 10.7 Å². The Kier molecular flexibility index (Phi) is 3.26. The molecule has 0 atom stereocenters. The average molecular weight is 250 g/mol. The average Bonchev–Trinajstić information content (AvgIpc) is 2.72. The maximum absolute atomic E-state index is 11.3. The topological polar surface area (TPSA) is 80.0 Å². The second kappa shape index (κ2) is 4.68. The molecule has 2 aromatic rings. The van der Waals surface area contributed by atoms with Crippen LogP contribution in [0.15, 0.2) is 12.1 Å². The van der Waals surface area contributed by atoms with E-state index in [-0.39, 0.29) is 5.91 Å². The van der Waals surface area contributed by atoms with Crippen LogP contribution in [0.25, 0.3) is 10.2 Å². The van der Waals surface area contributed by atoms with Crippen molar-refractivity contribution in [2.24, 2.45) is 5.84 Å². The number of carbonyl (C=O) groups is 1. The first-order valence-corrected chi connectivity index (χ1v) is 6.13. The van der Waals surface area contributed by atoms with E-state index >= 15 is 0 Å². The standard InChI is InChI=1S/C11H14N4OS/c1-3-9(16)13-7-4-6(2)10-8(5-7)17-11(14-10)15-12/h4-5H,3,12H2,1-2H3,(H,13,16)(H,14,15). The van der Waals surface area contributed by atoms with Crippen molar-refractivity contribution in [1.29, 1.82) is 0 Å². The summed E-state index contributed by atoms with van der Waals surface area (Å²) >= 11 is 1.46. The molecule has 0 unspecified atom stereocenters. The molecule has 1 amide bonds. The van der Waals surface area contributed by atoms with Crippen molar-refractivity contribution in [3.05, 3.63) is 17.7 Å². The van der Waals surface area contributed by atoms with E-state index in [0.717, 1.165) is 21.5 Å². The highest BCUT2D eigenvalue weighted by Gasteiger charge is 2.08. The summed E-state index contributed by atoms with van der Waals surface area (Å²) in [6.45, 7) is 3.79. The Hall–Kier alpha value is -1.66. The van der Waals surface area contributed by atoms with E-state index in [0.29, 0.717) is 11.6 Å². The number of carbonyl (C=O) groups excluding carboxylic acids is 1. The molecule has 0 bridgehead atoms. The predicted octanol–water partition coefficient (Wildman–Crippen LogP) is 2.24. The Balaban J connectivity index is 2.43. The summed E-state index contributed by atoms with van der Waals surface area (Å²) in [6, 6.07) is 3.82. The molecule has 17 heavy (non-hydrogen) atoms. The molecule has 0 radical (unpaired) electrons. The predicted molar refractivity (Wildman–Crippen MR) is 71.1 cm³/mol. The van der Waals surface area contributed by atoms with Gasteiger partial charge in [0, 0.05) is 12.1 Å². The first-order chi connectivity index (χ1) is 8.13. The maximum Gasteiger partial charge on any atom is 0.224 e. The van der Waals surface area contributed by atoms with Gasteiger partial charge in [0.15, 0.2) is 5.13 Å². The highest BCUT2D eigenvalue weighted by molar-refractivity contribution is 7.22. The molecule has 1 heterocycles. The Bertz CT molecular complexity index is 564. The molecule has 1 aromatic heterocycles. The lowest BCUT2D eigenvalue weighted by Gasteiger charge is -2.04. The summed E-state index contributed by atoms with van der Waals surface area (Å²) in [5.74, 6) is 5.34. The van der Waals surface area contributed by atoms with Gasteiger partial charge in [-0.25, -0.2) is 10.8 Å². The summed E-state index contributed by atoms with van der Waals surface area (Å²) in [7, 11) is 0. The van der Waals surface area contributed by atoms with Crippen LogP contribution in [-0.2, 0) is 4.79 Å². The number of nitrogen functional groups attached to an aromatic ring is 1. The zero-order valence-corrected chi connectivity index (χ0v) is 10.5. The monoisotopic (exact) mass is 250 g/mol. The van der Waals surface area contributed by atoms with E-state index < -0.39 is 0 Å². The Labute approximate surface area is 103 Å².